The maximum Gasteiger partial charge on any atom is 0.152 e. The summed E-state index contributed by atoms with van der Waals surface area (Å²) in [4.78, 5) is 0. The number of aliphatic hydroxyl groups excluding tert-OH is 1. The van der Waals surface area contributed by atoms with E-state index in [0.717, 1.165) is 0 Å². The van der Waals surface area contributed by atoms with Crippen LogP contribution in [0.1, 0.15) is 23.3 Å². The lowest BCUT2D eigenvalue weighted by Gasteiger charge is -2.23. The SMILES string of the molecule is Oc1ccc([C@H]2Oc3cc(O)cc(O)c3C3OC3[C@@H]2O)cc1. The zero-order valence-electron chi connectivity index (χ0n) is 11.4. The summed E-state index contributed by atoms with van der Waals surface area (Å²) in [5, 5.41) is 39.5. The van der Waals surface area contributed by atoms with Crippen LogP contribution in [0.4, 0.5) is 0 Å². The molecule has 0 saturated carbocycles. The highest BCUT2D eigenvalue weighted by Gasteiger charge is 2.54. The number of ether oxygens (including phenoxy) is 2. The Morgan fingerprint density at radius 3 is 2.32 bits per heavy atom. The molecule has 0 bridgehead atoms. The van der Waals surface area contributed by atoms with Crippen molar-refractivity contribution in [3.05, 3.63) is 47.5 Å². The first kappa shape index (κ1) is 13.2. The Balaban J connectivity index is 1.79. The summed E-state index contributed by atoms with van der Waals surface area (Å²) < 4.78 is 11.3. The van der Waals surface area contributed by atoms with E-state index in [2.05, 4.69) is 0 Å². The van der Waals surface area contributed by atoms with Gasteiger partial charge in [0.2, 0.25) is 0 Å². The second-order valence-corrected chi connectivity index (χ2v) is 5.52. The largest absolute Gasteiger partial charge is 0.508 e. The smallest absolute Gasteiger partial charge is 0.152 e. The van der Waals surface area contributed by atoms with Gasteiger partial charge in [0.15, 0.2) is 6.10 Å². The standard InChI is InChI=1S/C16H14O6/c17-8-3-1-7(2-4-8)14-13(20)16-15(22-16)12-10(19)5-9(18)6-11(12)21-14/h1-6,13-20H/t13-,14-,15?,16?/m1/s1. The molecular formula is C16H14O6. The molecule has 6 heteroatoms. The lowest BCUT2D eigenvalue weighted by molar-refractivity contribution is 0.0166. The van der Waals surface area contributed by atoms with Crippen LogP contribution < -0.4 is 4.74 Å². The van der Waals surface area contributed by atoms with Crippen LogP contribution in [-0.4, -0.2) is 32.6 Å². The third kappa shape index (κ3) is 1.96. The number of benzene rings is 2. The lowest BCUT2D eigenvalue weighted by atomic mass is 9.99. The summed E-state index contributed by atoms with van der Waals surface area (Å²) in [6, 6.07) is 8.90. The summed E-state index contributed by atoms with van der Waals surface area (Å²) in [6.07, 6.45) is -2.58. The van der Waals surface area contributed by atoms with Crippen molar-refractivity contribution < 1.29 is 29.9 Å². The van der Waals surface area contributed by atoms with Crippen molar-refractivity contribution in [1.82, 2.24) is 0 Å². The number of aliphatic hydroxyl groups is 1. The van der Waals surface area contributed by atoms with E-state index in [1.165, 1.54) is 24.3 Å². The summed E-state index contributed by atoms with van der Waals surface area (Å²) in [7, 11) is 0. The van der Waals surface area contributed by atoms with Gasteiger partial charge < -0.3 is 29.9 Å². The lowest BCUT2D eigenvalue weighted by Crippen LogP contribution is -2.27. The highest BCUT2D eigenvalue weighted by molar-refractivity contribution is 5.53. The van der Waals surface area contributed by atoms with Gasteiger partial charge in [0.25, 0.3) is 0 Å². The fraction of sp³-hybridized carbons (Fsp3) is 0.250. The number of hydrogen-bond donors (Lipinski definition) is 4. The van der Waals surface area contributed by atoms with Gasteiger partial charge in [-0.1, -0.05) is 12.1 Å². The molecule has 0 aromatic heterocycles. The van der Waals surface area contributed by atoms with Crippen LogP contribution in [0.2, 0.25) is 0 Å². The number of rotatable bonds is 1. The van der Waals surface area contributed by atoms with E-state index in [9.17, 15) is 20.4 Å². The van der Waals surface area contributed by atoms with Gasteiger partial charge in [-0.2, -0.15) is 0 Å². The first-order valence-corrected chi connectivity index (χ1v) is 6.89. The van der Waals surface area contributed by atoms with Gasteiger partial charge in [0.05, 0.1) is 5.56 Å². The first-order valence-electron chi connectivity index (χ1n) is 6.89. The van der Waals surface area contributed by atoms with Crippen molar-refractivity contribution in [2.75, 3.05) is 0 Å². The van der Waals surface area contributed by atoms with E-state index >= 15 is 0 Å². The van der Waals surface area contributed by atoms with Crippen LogP contribution in [0.3, 0.4) is 0 Å². The molecule has 0 amide bonds. The quantitative estimate of drug-likeness (QED) is 0.598. The van der Waals surface area contributed by atoms with Crippen molar-refractivity contribution in [3.8, 4) is 23.0 Å². The Kier molecular flexibility index (Phi) is 2.72. The Hall–Kier alpha value is -2.44. The zero-order chi connectivity index (χ0) is 15.4. The number of fused-ring (bicyclic) bond motifs is 3. The number of hydrogen-bond acceptors (Lipinski definition) is 6. The van der Waals surface area contributed by atoms with E-state index in [1.807, 2.05) is 0 Å². The molecule has 1 fully saturated rings. The fourth-order valence-corrected chi connectivity index (χ4v) is 2.91. The highest BCUT2D eigenvalue weighted by Crippen LogP contribution is 2.54. The van der Waals surface area contributed by atoms with Crippen molar-refractivity contribution in [2.24, 2.45) is 0 Å². The maximum atomic E-state index is 10.5. The first-order chi connectivity index (χ1) is 10.5. The van der Waals surface area contributed by atoms with Crippen LogP contribution in [0.25, 0.3) is 0 Å². The van der Waals surface area contributed by atoms with Crippen LogP contribution in [-0.2, 0) is 4.74 Å². The molecule has 4 atom stereocenters. The summed E-state index contributed by atoms with van der Waals surface area (Å²) in [6.45, 7) is 0. The molecule has 6 nitrogen and oxygen atoms in total. The second-order valence-electron chi connectivity index (χ2n) is 5.52. The van der Waals surface area contributed by atoms with Crippen LogP contribution in [0.15, 0.2) is 36.4 Å². The molecule has 2 unspecified atom stereocenters. The third-order valence-corrected chi connectivity index (χ3v) is 4.04. The topological polar surface area (TPSA) is 103 Å². The predicted molar refractivity (Wildman–Crippen MR) is 74.9 cm³/mol. The minimum atomic E-state index is -0.927. The van der Waals surface area contributed by atoms with E-state index < -0.39 is 24.4 Å². The van der Waals surface area contributed by atoms with Gasteiger partial charge in [0.1, 0.15) is 41.3 Å². The molecule has 0 radical (unpaired) electrons. The molecule has 1 saturated heterocycles. The Morgan fingerprint density at radius 1 is 0.864 bits per heavy atom. The van der Waals surface area contributed by atoms with Gasteiger partial charge in [-0.3, -0.25) is 0 Å². The van der Waals surface area contributed by atoms with Crippen molar-refractivity contribution >= 4 is 0 Å². The number of phenols is 3. The van der Waals surface area contributed by atoms with E-state index in [4.69, 9.17) is 9.47 Å². The number of phenolic OH excluding ortho intramolecular Hbond substituents is 3. The van der Waals surface area contributed by atoms with Gasteiger partial charge >= 0.3 is 0 Å². The Bertz CT molecular complexity index is 726. The van der Waals surface area contributed by atoms with E-state index in [0.29, 0.717) is 11.1 Å². The molecule has 2 aliphatic rings. The molecular weight excluding hydrogens is 288 g/mol. The minimum absolute atomic E-state index is 0.114. The highest BCUT2D eigenvalue weighted by atomic mass is 16.6. The molecule has 4 rings (SSSR count). The van der Waals surface area contributed by atoms with Crippen LogP contribution >= 0.6 is 0 Å². The van der Waals surface area contributed by atoms with Gasteiger partial charge in [-0.25, -0.2) is 0 Å². The number of aromatic hydroxyl groups is 3. The average Bonchev–Trinajstić information content (AvgIpc) is 3.24. The molecule has 2 aromatic rings. The molecule has 0 aliphatic carbocycles. The van der Waals surface area contributed by atoms with E-state index in [-0.39, 0.29) is 23.0 Å². The van der Waals surface area contributed by atoms with Crippen molar-refractivity contribution in [2.45, 2.75) is 24.4 Å². The van der Waals surface area contributed by atoms with Crippen molar-refractivity contribution in [3.63, 3.8) is 0 Å². The monoisotopic (exact) mass is 302 g/mol. The Labute approximate surface area is 125 Å². The molecule has 4 N–H and O–H groups in total. The summed E-state index contributed by atoms with van der Waals surface area (Å²) in [5.41, 5.74) is 1.10. The molecule has 2 aliphatic heterocycles. The van der Waals surface area contributed by atoms with Gasteiger partial charge in [0, 0.05) is 12.1 Å². The molecule has 2 heterocycles. The normalized spacial score (nSPS) is 29.0. The average molecular weight is 302 g/mol. The van der Waals surface area contributed by atoms with E-state index in [1.54, 1.807) is 12.1 Å². The summed E-state index contributed by atoms with van der Waals surface area (Å²) in [5.74, 6) is 0.137. The van der Waals surface area contributed by atoms with Crippen molar-refractivity contribution in [1.29, 1.82) is 0 Å². The number of epoxide rings is 1. The molecule has 2 aromatic carbocycles. The second kappa shape index (κ2) is 4.53. The summed E-state index contributed by atoms with van der Waals surface area (Å²) >= 11 is 0. The van der Waals surface area contributed by atoms with Crippen LogP contribution in [0.5, 0.6) is 23.0 Å². The minimum Gasteiger partial charge on any atom is -0.508 e. The fourth-order valence-electron chi connectivity index (χ4n) is 2.91. The maximum absolute atomic E-state index is 10.5. The van der Waals surface area contributed by atoms with Gasteiger partial charge in [-0.15, -0.1) is 0 Å². The Morgan fingerprint density at radius 2 is 1.59 bits per heavy atom. The zero-order valence-corrected chi connectivity index (χ0v) is 11.4. The van der Waals surface area contributed by atoms with Gasteiger partial charge in [-0.05, 0) is 17.7 Å². The molecule has 0 spiro atoms. The predicted octanol–water partition coefficient (Wildman–Crippen LogP) is 1.74. The third-order valence-electron chi connectivity index (χ3n) is 4.04. The molecule has 114 valence electrons. The van der Waals surface area contributed by atoms with Crippen LogP contribution in [0, 0.1) is 0 Å². The molecule has 22 heavy (non-hydrogen) atoms.